The summed E-state index contributed by atoms with van der Waals surface area (Å²) in [4.78, 5) is 4.51. The van der Waals surface area contributed by atoms with Crippen LogP contribution in [0.25, 0.3) is 0 Å². The lowest BCUT2D eigenvalue weighted by Gasteiger charge is -2.26. The van der Waals surface area contributed by atoms with Crippen molar-refractivity contribution in [3.63, 3.8) is 0 Å². The first-order chi connectivity index (χ1) is 12.1. The zero-order valence-electron chi connectivity index (χ0n) is 15.4. The topological polar surface area (TPSA) is 38.9 Å². The van der Waals surface area contributed by atoms with Crippen molar-refractivity contribution >= 4 is 0 Å². The number of aromatic nitrogens is 1. The van der Waals surface area contributed by atoms with E-state index in [1.807, 2.05) is 12.3 Å². The lowest BCUT2D eigenvalue weighted by atomic mass is 9.80. The van der Waals surface area contributed by atoms with E-state index in [0.717, 1.165) is 25.2 Å². The molecule has 0 amide bonds. The van der Waals surface area contributed by atoms with Gasteiger partial charge in [0.15, 0.2) is 0 Å². The predicted molar refractivity (Wildman–Crippen MR) is 104 cm³/mol. The van der Waals surface area contributed by atoms with Crippen LogP contribution in [0.3, 0.4) is 0 Å². The zero-order valence-corrected chi connectivity index (χ0v) is 15.4. The van der Waals surface area contributed by atoms with Crippen LogP contribution in [0.5, 0.6) is 0 Å². The summed E-state index contributed by atoms with van der Waals surface area (Å²) in [6, 6.07) is 13.5. The number of hydrogen-bond acceptors (Lipinski definition) is 2. The zero-order chi connectivity index (χ0) is 17.3. The molecule has 0 saturated heterocycles. The maximum absolute atomic E-state index is 6.51. The molecule has 1 aromatic heterocycles. The maximum atomic E-state index is 6.51. The molecule has 1 aromatic carbocycles. The van der Waals surface area contributed by atoms with Crippen LogP contribution in [0.1, 0.15) is 67.3 Å². The third-order valence-corrected chi connectivity index (χ3v) is 6.60. The largest absolute Gasteiger partial charge is 0.325 e. The second-order valence-electron chi connectivity index (χ2n) is 8.32. The third-order valence-electron chi connectivity index (χ3n) is 6.60. The fraction of sp³-hybridized carbons (Fsp3) is 0.522. The number of fused-ring (bicyclic) bond motifs is 1. The van der Waals surface area contributed by atoms with Crippen LogP contribution in [-0.4, -0.2) is 10.5 Å². The minimum Gasteiger partial charge on any atom is -0.325 e. The Hall–Kier alpha value is -1.67. The molecule has 3 atom stereocenters. The number of benzene rings is 1. The second-order valence-corrected chi connectivity index (χ2v) is 8.32. The van der Waals surface area contributed by atoms with Crippen LogP contribution in [-0.2, 0) is 19.3 Å². The minimum atomic E-state index is 0.0777. The predicted octanol–water partition coefficient (Wildman–Crippen LogP) is 4.80. The van der Waals surface area contributed by atoms with Gasteiger partial charge in [0.2, 0.25) is 0 Å². The number of hydrogen-bond donors (Lipinski definition) is 1. The van der Waals surface area contributed by atoms with E-state index in [9.17, 15) is 0 Å². The Morgan fingerprint density at radius 2 is 2.08 bits per heavy atom. The summed E-state index contributed by atoms with van der Waals surface area (Å²) >= 11 is 0. The highest BCUT2D eigenvalue weighted by atomic mass is 14.8. The van der Waals surface area contributed by atoms with Crippen molar-refractivity contribution in [3.05, 3.63) is 65.0 Å². The highest BCUT2D eigenvalue weighted by Gasteiger charge is 2.35. The van der Waals surface area contributed by atoms with Gasteiger partial charge < -0.3 is 5.73 Å². The van der Waals surface area contributed by atoms with Gasteiger partial charge in [0.05, 0.1) is 0 Å². The van der Waals surface area contributed by atoms with Gasteiger partial charge in [0.25, 0.3) is 0 Å². The third kappa shape index (κ3) is 3.64. The van der Waals surface area contributed by atoms with Gasteiger partial charge in [-0.05, 0) is 92.0 Å². The Labute approximate surface area is 151 Å². The van der Waals surface area contributed by atoms with E-state index in [4.69, 9.17) is 5.73 Å². The Kier molecular flexibility index (Phi) is 4.64. The molecule has 2 aliphatic carbocycles. The first kappa shape index (κ1) is 16.8. The van der Waals surface area contributed by atoms with Crippen LogP contribution in [0.4, 0.5) is 0 Å². The number of rotatable bonds is 4. The lowest BCUT2D eigenvalue weighted by molar-refractivity contribution is 0.418. The van der Waals surface area contributed by atoms with E-state index in [0.29, 0.717) is 5.92 Å². The Morgan fingerprint density at radius 3 is 2.84 bits per heavy atom. The molecule has 25 heavy (non-hydrogen) atoms. The standard InChI is InChI=1S/C23H30N2/c1-2-23(24)11-10-21(16-23)20-9-8-18-13-17(6-7-19(18)15-20)14-22-5-3-4-12-25-22/h3-5,8-9,12,15,17,21H,2,6-7,10-11,13-14,16,24H2,1H3/t17?,21-,23+/m0/s1. The number of nitrogens with zero attached hydrogens (tertiary/aromatic N) is 1. The summed E-state index contributed by atoms with van der Waals surface area (Å²) in [5, 5.41) is 0. The van der Waals surface area contributed by atoms with Crippen molar-refractivity contribution in [1.82, 2.24) is 4.98 Å². The van der Waals surface area contributed by atoms with E-state index >= 15 is 0 Å². The molecule has 0 spiro atoms. The molecule has 0 bridgehead atoms. The fourth-order valence-electron chi connectivity index (χ4n) is 4.86. The van der Waals surface area contributed by atoms with Crippen LogP contribution in [0.15, 0.2) is 42.6 Å². The molecule has 2 N–H and O–H groups in total. The van der Waals surface area contributed by atoms with E-state index in [1.165, 1.54) is 43.4 Å². The number of pyridine rings is 1. The van der Waals surface area contributed by atoms with Crippen molar-refractivity contribution in [2.24, 2.45) is 11.7 Å². The summed E-state index contributed by atoms with van der Waals surface area (Å²) in [5.74, 6) is 1.40. The van der Waals surface area contributed by atoms with Crippen molar-refractivity contribution in [2.45, 2.75) is 69.7 Å². The molecule has 1 fully saturated rings. The van der Waals surface area contributed by atoms with E-state index in [1.54, 1.807) is 11.1 Å². The first-order valence-corrected chi connectivity index (χ1v) is 9.96. The van der Waals surface area contributed by atoms with Crippen LogP contribution >= 0.6 is 0 Å². The van der Waals surface area contributed by atoms with Gasteiger partial charge in [-0.2, -0.15) is 0 Å². The molecule has 4 rings (SSSR count). The molecular formula is C23H30N2. The van der Waals surface area contributed by atoms with Crippen molar-refractivity contribution in [1.29, 1.82) is 0 Å². The van der Waals surface area contributed by atoms with Gasteiger partial charge in [-0.1, -0.05) is 31.2 Å². The SMILES string of the molecule is CC[C@@]1(N)CC[C@H](c2ccc3c(c2)CCC(Cc2ccccn2)C3)C1. The molecule has 0 radical (unpaired) electrons. The van der Waals surface area contributed by atoms with Crippen LogP contribution < -0.4 is 5.73 Å². The average Bonchev–Trinajstić information content (AvgIpc) is 3.05. The van der Waals surface area contributed by atoms with Gasteiger partial charge in [0.1, 0.15) is 0 Å². The summed E-state index contributed by atoms with van der Waals surface area (Å²) < 4.78 is 0. The molecule has 132 valence electrons. The molecular weight excluding hydrogens is 304 g/mol. The quantitative estimate of drug-likeness (QED) is 0.872. The summed E-state index contributed by atoms with van der Waals surface area (Å²) in [6.45, 7) is 2.23. The molecule has 2 nitrogen and oxygen atoms in total. The second kappa shape index (κ2) is 6.92. The van der Waals surface area contributed by atoms with Gasteiger partial charge >= 0.3 is 0 Å². The number of nitrogens with two attached hydrogens (primary N) is 1. The summed E-state index contributed by atoms with van der Waals surface area (Å²) in [6.07, 6.45) is 11.4. The maximum Gasteiger partial charge on any atom is 0.0406 e. The Morgan fingerprint density at radius 1 is 1.16 bits per heavy atom. The van der Waals surface area contributed by atoms with Crippen molar-refractivity contribution in [2.75, 3.05) is 0 Å². The average molecular weight is 335 g/mol. The van der Waals surface area contributed by atoms with Gasteiger partial charge in [-0.25, -0.2) is 0 Å². The van der Waals surface area contributed by atoms with Crippen LogP contribution in [0.2, 0.25) is 0 Å². The van der Waals surface area contributed by atoms with E-state index in [2.05, 4.69) is 42.2 Å². The Balaban J connectivity index is 1.45. The molecule has 0 aliphatic heterocycles. The summed E-state index contributed by atoms with van der Waals surface area (Å²) in [7, 11) is 0. The Bertz CT molecular complexity index is 724. The molecule has 1 heterocycles. The molecule has 2 aromatic rings. The highest BCUT2D eigenvalue weighted by Crippen LogP contribution is 2.42. The number of aryl methyl sites for hydroxylation is 1. The minimum absolute atomic E-state index is 0.0777. The van der Waals surface area contributed by atoms with Gasteiger partial charge in [-0.15, -0.1) is 0 Å². The van der Waals surface area contributed by atoms with Gasteiger partial charge in [-0.3, -0.25) is 4.98 Å². The lowest BCUT2D eigenvalue weighted by Crippen LogP contribution is -2.35. The molecule has 1 saturated carbocycles. The highest BCUT2D eigenvalue weighted by molar-refractivity contribution is 5.36. The molecule has 2 aliphatic rings. The monoisotopic (exact) mass is 334 g/mol. The van der Waals surface area contributed by atoms with E-state index in [-0.39, 0.29) is 5.54 Å². The first-order valence-electron chi connectivity index (χ1n) is 9.96. The van der Waals surface area contributed by atoms with Gasteiger partial charge in [0, 0.05) is 17.4 Å². The smallest absolute Gasteiger partial charge is 0.0406 e. The van der Waals surface area contributed by atoms with Crippen LogP contribution in [0, 0.1) is 5.92 Å². The molecule has 2 heteroatoms. The summed E-state index contributed by atoms with van der Waals surface area (Å²) in [5.41, 5.74) is 12.5. The van der Waals surface area contributed by atoms with E-state index < -0.39 is 0 Å². The van der Waals surface area contributed by atoms with Crippen molar-refractivity contribution < 1.29 is 0 Å². The van der Waals surface area contributed by atoms with Crippen molar-refractivity contribution in [3.8, 4) is 0 Å². The fourth-order valence-corrected chi connectivity index (χ4v) is 4.86. The molecule has 1 unspecified atom stereocenters. The normalized spacial score (nSPS) is 28.7.